The Labute approximate surface area is 119 Å². The molecule has 0 amide bonds. The molecule has 2 rings (SSSR count). The monoisotopic (exact) mass is 320 g/mol. The number of aliphatic hydroxyl groups excluding tert-OH is 1. The van der Waals surface area contributed by atoms with Crippen molar-refractivity contribution in [3.63, 3.8) is 0 Å². The number of nitriles is 1. The molecule has 0 bridgehead atoms. The van der Waals surface area contributed by atoms with Crippen LogP contribution in [0.4, 0.5) is 5.69 Å². The highest BCUT2D eigenvalue weighted by Gasteiger charge is 2.10. The number of benzene rings is 1. The van der Waals surface area contributed by atoms with E-state index in [-0.39, 0.29) is 0 Å². The number of aliphatic hydroxyl groups is 1. The summed E-state index contributed by atoms with van der Waals surface area (Å²) in [5.74, 6) is 0. The van der Waals surface area contributed by atoms with Crippen molar-refractivity contribution in [1.82, 2.24) is 9.78 Å². The molecule has 1 atom stereocenters. The SMILES string of the molecule is Cn1cc(C(O)CNc2ccc(Br)cc2C#N)cn1. The number of aromatic nitrogens is 2. The van der Waals surface area contributed by atoms with E-state index in [9.17, 15) is 5.11 Å². The average molecular weight is 321 g/mol. The molecule has 19 heavy (non-hydrogen) atoms. The van der Waals surface area contributed by atoms with E-state index < -0.39 is 6.10 Å². The highest BCUT2D eigenvalue weighted by molar-refractivity contribution is 9.10. The van der Waals surface area contributed by atoms with Crippen LogP contribution in [0.5, 0.6) is 0 Å². The van der Waals surface area contributed by atoms with Gasteiger partial charge < -0.3 is 10.4 Å². The Morgan fingerprint density at radius 2 is 2.37 bits per heavy atom. The largest absolute Gasteiger partial charge is 0.386 e. The standard InChI is InChI=1S/C13H13BrN4O/c1-18-8-10(6-17-18)13(19)7-16-12-3-2-11(14)4-9(12)5-15/h2-4,6,8,13,16,19H,7H2,1H3. The topological polar surface area (TPSA) is 73.9 Å². The Morgan fingerprint density at radius 3 is 3.00 bits per heavy atom. The van der Waals surface area contributed by atoms with Crippen LogP contribution in [0.15, 0.2) is 35.1 Å². The molecule has 6 heteroatoms. The maximum atomic E-state index is 10.0. The van der Waals surface area contributed by atoms with Gasteiger partial charge in [0.15, 0.2) is 0 Å². The fraction of sp³-hybridized carbons (Fsp3) is 0.231. The van der Waals surface area contributed by atoms with Crippen LogP contribution in [0.1, 0.15) is 17.2 Å². The highest BCUT2D eigenvalue weighted by Crippen LogP contribution is 2.21. The van der Waals surface area contributed by atoms with Gasteiger partial charge in [-0.05, 0) is 18.2 Å². The molecule has 2 aromatic rings. The van der Waals surface area contributed by atoms with Gasteiger partial charge in [0.2, 0.25) is 0 Å². The summed E-state index contributed by atoms with van der Waals surface area (Å²) < 4.78 is 2.49. The molecule has 0 spiro atoms. The van der Waals surface area contributed by atoms with Gasteiger partial charge in [-0.3, -0.25) is 4.68 Å². The van der Waals surface area contributed by atoms with E-state index in [1.807, 2.05) is 6.07 Å². The normalized spacial score (nSPS) is 11.9. The van der Waals surface area contributed by atoms with Gasteiger partial charge in [0.25, 0.3) is 0 Å². The zero-order valence-corrected chi connectivity index (χ0v) is 11.9. The fourth-order valence-corrected chi connectivity index (χ4v) is 2.06. The number of rotatable bonds is 4. The van der Waals surface area contributed by atoms with Crippen molar-refractivity contribution >= 4 is 21.6 Å². The zero-order chi connectivity index (χ0) is 13.8. The van der Waals surface area contributed by atoms with Crippen molar-refractivity contribution in [3.05, 3.63) is 46.2 Å². The average Bonchev–Trinajstić information content (AvgIpc) is 2.83. The Bertz CT molecular complexity index is 617. The van der Waals surface area contributed by atoms with Crippen molar-refractivity contribution in [1.29, 1.82) is 5.26 Å². The first-order valence-electron chi connectivity index (χ1n) is 5.70. The first-order valence-corrected chi connectivity index (χ1v) is 6.49. The van der Waals surface area contributed by atoms with Gasteiger partial charge in [-0.1, -0.05) is 15.9 Å². The van der Waals surface area contributed by atoms with Crippen molar-refractivity contribution < 1.29 is 5.11 Å². The summed E-state index contributed by atoms with van der Waals surface area (Å²) in [6, 6.07) is 7.50. The number of nitrogens with one attached hydrogen (secondary N) is 1. The van der Waals surface area contributed by atoms with Crippen LogP contribution in [0, 0.1) is 11.3 Å². The summed E-state index contributed by atoms with van der Waals surface area (Å²) in [6.45, 7) is 0.321. The Kier molecular flexibility index (Phi) is 4.20. The van der Waals surface area contributed by atoms with Gasteiger partial charge in [0, 0.05) is 29.8 Å². The Balaban J connectivity index is 2.05. The van der Waals surface area contributed by atoms with Gasteiger partial charge >= 0.3 is 0 Å². The third-order valence-corrected chi connectivity index (χ3v) is 3.19. The van der Waals surface area contributed by atoms with Crippen LogP contribution >= 0.6 is 15.9 Å². The molecule has 0 aliphatic carbocycles. The van der Waals surface area contributed by atoms with Gasteiger partial charge in [-0.2, -0.15) is 10.4 Å². The van der Waals surface area contributed by atoms with Crippen molar-refractivity contribution in [2.75, 3.05) is 11.9 Å². The molecule has 1 aromatic heterocycles. The maximum absolute atomic E-state index is 10.0. The highest BCUT2D eigenvalue weighted by atomic mass is 79.9. The lowest BCUT2D eigenvalue weighted by atomic mass is 10.1. The van der Waals surface area contributed by atoms with E-state index in [4.69, 9.17) is 5.26 Å². The van der Waals surface area contributed by atoms with Gasteiger partial charge in [0.05, 0.1) is 23.6 Å². The second kappa shape index (κ2) is 5.87. The van der Waals surface area contributed by atoms with Crippen molar-refractivity contribution in [3.8, 4) is 6.07 Å². The lowest BCUT2D eigenvalue weighted by Crippen LogP contribution is -2.12. The maximum Gasteiger partial charge on any atom is 0.101 e. The van der Waals surface area contributed by atoms with Gasteiger partial charge in [-0.25, -0.2) is 0 Å². The van der Waals surface area contributed by atoms with E-state index in [1.54, 1.807) is 36.3 Å². The Morgan fingerprint density at radius 1 is 1.58 bits per heavy atom. The summed E-state index contributed by atoms with van der Waals surface area (Å²) in [4.78, 5) is 0. The molecular formula is C13H13BrN4O. The molecule has 5 nitrogen and oxygen atoms in total. The molecule has 1 heterocycles. The predicted molar refractivity (Wildman–Crippen MR) is 75.5 cm³/mol. The summed E-state index contributed by atoms with van der Waals surface area (Å²) in [6.07, 6.45) is 2.72. The zero-order valence-electron chi connectivity index (χ0n) is 10.3. The van der Waals surface area contributed by atoms with Crippen LogP contribution in [0.25, 0.3) is 0 Å². The van der Waals surface area contributed by atoms with Crippen LogP contribution < -0.4 is 5.32 Å². The van der Waals surface area contributed by atoms with E-state index in [0.717, 1.165) is 10.0 Å². The molecule has 0 saturated carbocycles. The van der Waals surface area contributed by atoms with Crippen LogP contribution in [0.2, 0.25) is 0 Å². The number of nitrogens with zero attached hydrogens (tertiary/aromatic N) is 3. The quantitative estimate of drug-likeness (QED) is 0.905. The first kappa shape index (κ1) is 13.6. The molecule has 1 unspecified atom stereocenters. The van der Waals surface area contributed by atoms with E-state index in [0.29, 0.717) is 17.8 Å². The van der Waals surface area contributed by atoms with Crippen LogP contribution in [-0.2, 0) is 7.05 Å². The Hall–Kier alpha value is -1.84. The van der Waals surface area contributed by atoms with Gasteiger partial charge in [0.1, 0.15) is 6.07 Å². The summed E-state index contributed by atoms with van der Waals surface area (Å²) >= 11 is 3.32. The van der Waals surface area contributed by atoms with E-state index in [2.05, 4.69) is 32.4 Å². The minimum atomic E-state index is -0.663. The third-order valence-electron chi connectivity index (χ3n) is 2.70. The summed E-state index contributed by atoms with van der Waals surface area (Å²) in [5.41, 5.74) is 1.98. The third kappa shape index (κ3) is 3.34. The van der Waals surface area contributed by atoms with E-state index in [1.165, 1.54) is 0 Å². The second-order valence-electron chi connectivity index (χ2n) is 4.15. The van der Waals surface area contributed by atoms with Crippen molar-refractivity contribution in [2.24, 2.45) is 7.05 Å². The molecule has 98 valence electrons. The molecule has 2 N–H and O–H groups in total. The second-order valence-corrected chi connectivity index (χ2v) is 5.06. The minimum Gasteiger partial charge on any atom is -0.386 e. The van der Waals surface area contributed by atoms with Crippen molar-refractivity contribution in [2.45, 2.75) is 6.10 Å². The number of aryl methyl sites for hydroxylation is 1. The lowest BCUT2D eigenvalue weighted by molar-refractivity contribution is 0.191. The van der Waals surface area contributed by atoms with Gasteiger partial charge in [-0.15, -0.1) is 0 Å². The molecule has 0 saturated heterocycles. The predicted octanol–water partition coefficient (Wildman–Crippen LogP) is 2.20. The minimum absolute atomic E-state index is 0.321. The van der Waals surface area contributed by atoms with Crippen LogP contribution in [0.3, 0.4) is 0 Å². The number of hydrogen-bond acceptors (Lipinski definition) is 4. The molecular weight excluding hydrogens is 308 g/mol. The van der Waals surface area contributed by atoms with Crippen LogP contribution in [-0.4, -0.2) is 21.4 Å². The molecule has 1 aromatic carbocycles. The number of anilines is 1. The molecule has 0 radical (unpaired) electrons. The lowest BCUT2D eigenvalue weighted by Gasteiger charge is -2.12. The molecule has 0 fully saturated rings. The molecule has 0 aliphatic rings. The number of hydrogen-bond donors (Lipinski definition) is 2. The summed E-state index contributed by atoms with van der Waals surface area (Å²) in [7, 11) is 1.80. The summed E-state index contributed by atoms with van der Waals surface area (Å²) in [5, 5.41) is 26.1. The number of halogens is 1. The smallest absolute Gasteiger partial charge is 0.101 e. The van der Waals surface area contributed by atoms with E-state index >= 15 is 0 Å². The first-order chi connectivity index (χ1) is 9.10. The fourth-order valence-electron chi connectivity index (χ4n) is 1.70. The molecule has 0 aliphatic heterocycles.